The summed E-state index contributed by atoms with van der Waals surface area (Å²) < 4.78 is 58.2. The van der Waals surface area contributed by atoms with E-state index in [0.29, 0.717) is 0 Å². The molecule has 4 rings (SSSR count). The van der Waals surface area contributed by atoms with Crippen LogP contribution in [-0.4, -0.2) is 34.0 Å². The van der Waals surface area contributed by atoms with Gasteiger partial charge in [0.1, 0.15) is 10.8 Å². The highest BCUT2D eigenvalue weighted by atomic mass is 19.3. The highest BCUT2D eigenvalue weighted by Crippen LogP contribution is 2.72. The van der Waals surface area contributed by atoms with Crippen LogP contribution in [0.3, 0.4) is 0 Å². The summed E-state index contributed by atoms with van der Waals surface area (Å²) >= 11 is 0. The fraction of sp³-hybridized carbons (Fsp3) is 0.846. The number of carboxylic acids is 2. The van der Waals surface area contributed by atoms with Crippen molar-refractivity contribution in [3.8, 4) is 0 Å². The number of carboxylic acid groups (broad SMARTS) is 2. The third-order valence-corrected chi connectivity index (χ3v) is 5.78. The maximum Gasteiger partial charge on any atom is 0.315 e. The van der Waals surface area contributed by atoms with Crippen LogP contribution in [-0.2, 0) is 9.59 Å². The number of aliphatic carboxylic acids is 2. The molecule has 4 bridgehead atoms. The van der Waals surface area contributed by atoms with Crippen molar-refractivity contribution in [1.29, 1.82) is 0 Å². The minimum Gasteiger partial charge on any atom is -0.481 e. The van der Waals surface area contributed by atoms with Crippen molar-refractivity contribution in [2.75, 3.05) is 0 Å². The van der Waals surface area contributed by atoms with E-state index in [2.05, 4.69) is 0 Å². The summed E-state index contributed by atoms with van der Waals surface area (Å²) in [6.45, 7) is 0. The average molecular weight is 310 g/mol. The normalized spacial score (nSPS) is 46.1. The zero-order valence-corrected chi connectivity index (χ0v) is 10.9. The van der Waals surface area contributed by atoms with E-state index < -0.39 is 65.7 Å². The van der Waals surface area contributed by atoms with Gasteiger partial charge in [-0.1, -0.05) is 0 Å². The smallest absolute Gasteiger partial charge is 0.315 e. The van der Waals surface area contributed by atoms with Gasteiger partial charge in [-0.3, -0.25) is 9.59 Å². The summed E-state index contributed by atoms with van der Waals surface area (Å²) in [5.74, 6) is -14.3. The number of carbonyl (C=O) groups is 2. The third-order valence-electron chi connectivity index (χ3n) is 5.78. The van der Waals surface area contributed by atoms with Gasteiger partial charge in [0, 0.05) is 11.8 Å². The van der Waals surface area contributed by atoms with E-state index in [1.807, 2.05) is 0 Å². The second-order valence-corrected chi connectivity index (χ2v) is 6.58. The molecule has 2 N–H and O–H groups in total. The molecule has 4 aliphatic carbocycles. The van der Waals surface area contributed by atoms with Crippen LogP contribution in [0.1, 0.15) is 32.1 Å². The molecule has 0 spiro atoms. The Labute approximate surface area is 117 Å². The van der Waals surface area contributed by atoms with Gasteiger partial charge in [-0.15, -0.1) is 0 Å². The molecule has 4 aliphatic rings. The van der Waals surface area contributed by atoms with Gasteiger partial charge >= 0.3 is 11.9 Å². The Hall–Kier alpha value is -1.34. The molecule has 21 heavy (non-hydrogen) atoms. The molecule has 0 aromatic carbocycles. The molecule has 4 fully saturated rings. The van der Waals surface area contributed by atoms with Crippen LogP contribution in [0.25, 0.3) is 0 Å². The number of hydrogen-bond donors (Lipinski definition) is 2. The summed E-state index contributed by atoms with van der Waals surface area (Å²) in [4.78, 5) is 23.0. The Morgan fingerprint density at radius 1 is 0.810 bits per heavy atom. The van der Waals surface area contributed by atoms with E-state index >= 15 is 0 Å². The topological polar surface area (TPSA) is 74.6 Å². The van der Waals surface area contributed by atoms with Crippen molar-refractivity contribution in [2.24, 2.45) is 22.7 Å². The lowest BCUT2D eigenvalue weighted by Crippen LogP contribution is -2.69. The number of halogens is 4. The van der Waals surface area contributed by atoms with Crippen LogP contribution in [0.15, 0.2) is 0 Å². The first-order chi connectivity index (χ1) is 9.51. The van der Waals surface area contributed by atoms with Gasteiger partial charge in [0.15, 0.2) is 0 Å². The minimum absolute atomic E-state index is 0.267. The van der Waals surface area contributed by atoms with E-state index in [0.717, 1.165) is 0 Å². The molecule has 0 aromatic rings. The molecule has 0 heterocycles. The van der Waals surface area contributed by atoms with Crippen LogP contribution in [0.5, 0.6) is 0 Å². The first-order valence-electron chi connectivity index (χ1n) is 6.74. The molecule has 0 radical (unpaired) electrons. The summed E-state index contributed by atoms with van der Waals surface area (Å²) in [6, 6.07) is 0. The summed E-state index contributed by atoms with van der Waals surface area (Å²) in [5, 5.41) is 18.6. The Kier molecular flexibility index (Phi) is 2.57. The SMILES string of the molecule is O=C(O)C12CC3CCC(CC(C(=O)O)(C1)C3(F)F)C2(F)F. The Bertz CT molecular complexity index is 488. The predicted octanol–water partition coefficient (Wildman–Crippen LogP) is 2.62. The van der Waals surface area contributed by atoms with Crippen LogP contribution in [0.2, 0.25) is 0 Å². The number of alkyl halides is 4. The Morgan fingerprint density at radius 2 is 1.14 bits per heavy atom. The third kappa shape index (κ3) is 1.36. The van der Waals surface area contributed by atoms with Gasteiger partial charge < -0.3 is 10.2 Å². The van der Waals surface area contributed by atoms with Crippen molar-refractivity contribution >= 4 is 11.9 Å². The zero-order chi connectivity index (χ0) is 15.8. The van der Waals surface area contributed by atoms with Crippen LogP contribution in [0.4, 0.5) is 17.6 Å². The molecule has 4 unspecified atom stereocenters. The van der Waals surface area contributed by atoms with Crippen LogP contribution >= 0.6 is 0 Å². The first kappa shape index (κ1) is 14.6. The Morgan fingerprint density at radius 3 is 1.43 bits per heavy atom. The second kappa shape index (κ2) is 3.70. The van der Waals surface area contributed by atoms with E-state index in [9.17, 15) is 37.4 Å². The first-order valence-corrected chi connectivity index (χ1v) is 6.74. The number of hydrogen-bond acceptors (Lipinski definition) is 2. The maximum atomic E-state index is 14.5. The largest absolute Gasteiger partial charge is 0.481 e. The van der Waals surface area contributed by atoms with Crippen molar-refractivity contribution in [2.45, 2.75) is 43.9 Å². The molecule has 4 nitrogen and oxygen atoms in total. The van der Waals surface area contributed by atoms with Crippen molar-refractivity contribution in [1.82, 2.24) is 0 Å². The zero-order valence-electron chi connectivity index (χ0n) is 10.9. The molecule has 4 saturated carbocycles. The molecular formula is C13H14F4O4. The minimum atomic E-state index is -3.66. The Balaban J connectivity index is 2.27. The van der Waals surface area contributed by atoms with Crippen molar-refractivity contribution < 1.29 is 37.4 Å². The highest BCUT2D eigenvalue weighted by Gasteiger charge is 2.82. The highest BCUT2D eigenvalue weighted by molar-refractivity contribution is 5.83. The van der Waals surface area contributed by atoms with E-state index in [4.69, 9.17) is 0 Å². The maximum absolute atomic E-state index is 14.5. The molecule has 0 amide bonds. The molecular weight excluding hydrogens is 296 g/mol. The van der Waals surface area contributed by atoms with E-state index in [1.54, 1.807) is 0 Å². The summed E-state index contributed by atoms with van der Waals surface area (Å²) in [5.41, 5.74) is -5.39. The number of rotatable bonds is 2. The van der Waals surface area contributed by atoms with Crippen LogP contribution < -0.4 is 0 Å². The predicted molar refractivity (Wildman–Crippen MR) is 60.1 cm³/mol. The summed E-state index contributed by atoms with van der Waals surface area (Å²) in [7, 11) is 0. The lowest BCUT2D eigenvalue weighted by Gasteiger charge is -2.57. The monoisotopic (exact) mass is 310 g/mol. The van der Waals surface area contributed by atoms with Gasteiger partial charge in [0.05, 0.1) is 0 Å². The quantitative estimate of drug-likeness (QED) is 0.769. The van der Waals surface area contributed by atoms with Gasteiger partial charge in [-0.2, -0.15) is 0 Å². The van der Waals surface area contributed by atoms with E-state index in [1.165, 1.54) is 0 Å². The summed E-state index contributed by atoms with van der Waals surface area (Å²) in [6.07, 6.45) is -3.48. The van der Waals surface area contributed by atoms with Crippen molar-refractivity contribution in [3.63, 3.8) is 0 Å². The fourth-order valence-electron chi connectivity index (χ4n) is 4.63. The molecule has 0 aliphatic heterocycles. The molecule has 4 atom stereocenters. The van der Waals surface area contributed by atoms with Gasteiger partial charge in [-0.05, 0) is 32.1 Å². The molecule has 8 heteroatoms. The lowest BCUT2D eigenvalue weighted by atomic mass is 9.48. The second-order valence-electron chi connectivity index (χ2n) is 6.58. The van der Waals surface area contributed by atoms with E-state index in [-0.39, 0.29) is 12.8 Å². The molecule has 118 valence electrons. The van der Waals surface area contributed by atoms with Gasteiger partial charge in [0.25, 0.3) is 11.8 Å². The van der Waals surface area contributed by atoms with Gasteiger partial charge in [-0.25, -0.2) is 17.6 Å². The van der Waals surface area contributed by atoms with Crippen molar-refractivity contribution in [3.05, 3.63) is 0 Å². The number of fused-ring (bicyclic) bond motifs is 1. The van der Waals surface area contributed by atoms with Gasteiger partial charge in [0.2, 0.25) is 0 Å². The lowest BCUT2D eigenvalue weighted by molar-refractivity contribution is -0.290. The molecule has 0 aromatic heterocycles. The fourth-order valence-corrected chi connectivity index (χ4v) is 4.63. The standard InChI is InChI=1S/C13H14F4O4/c14-12(15)6-1-2-7-4-11(12,9(20)21)5-10(3-6,8(18)19)13(7,16)17/h6-7H,1-5H2,(H,18,19)(H,20,21). The van der Waals surface area contributed by atoms with Crippen LogP contribution in [0, 0.1) is 22.7 Å². The molecule has 0 saturated heterocycles. The average Bonchev–Trinajstić information content (AvgIpc) is 2.47.